The Bertz CT molecular complexity index is 1870. The van der Waals surface area contributed by atoms with Crippen molar-refractivity contribution in [3.63, 3.8) is 0 Å². The molecule has 0 spiro atoms. The number of benzene rings is 2. The molecule has 4 heterocycles. The number of morpholine rings is 1. The third kappa shape index (κ3) is 6.03. The van der Waals surface area contributed by atoms with E-state index >= 15 is 0 Å². The molecule has 3 aromatic heterocycles. The molecule has 2 aromatic carbocycles. The number of hydrogen-bond donors (Lipinski definition) is 1. The first-order chi connectivity index (χ1) is 22.5. The monoisotopic (exact) mass is 618 g/mol. The van der Waals surface area contributed by atoms with Crippen LogP contribution < -0.4 is 10.1 Å². The third-order valence-corrected chi connectivity index (χ3v) is 8.81. The van der Waals surface area contributed by atoms with Crippen molar-refractivity contribution in [1.29, 1.82) is 0 Å². The van der Waals surface area contributed by atoms with Gasteiger partial charge in [-0.25, -0.2) is 9.97 Å². The minimum Gasteiger partial charge on any atom is -0.496 e. The number of nitrogens with one attached hydrogen (secondary N) is 1. The molecule has 1 aliphatic carbocycles. The van der Waals surface area contributed by atoms with E-state index in [1.54, 1.807) is 13.2 Å². The lowest BCUT2D eigenvalue weighted by Crippen LogP contribution is -2.41. The molecule has 46 heavy (non-hydrogen) atoms. The summed E-state index contributed by atoms with van der Waals surface area (Å²) in [6.07, 6.45) is 8.00. The molecular weight excluding hydrogens is 580 g/mol. The van der Waals surface area contributed by atoms with E-state index in [1.807, 2.05) is 54.2 Å². The van der Waals surface area contributed by atoms with Gasteiger partial charge in [0.2, 0.25) is 0 Å². The Hall–Kier alpha value is -4.87. The molecule has 0 atom stereocenters. The van der Waals surface area contributed by atoms with Gasteiger partial charge in [0, 0.05) is 86.9 Å². The molecule has 236 valence electrons. The smallest absolute Gasteiger partial charge is 0.251 e. The van der Waals surface area contributed by atoms with Crippen molar-refractivity contribution in [2.75, 3.05) is 46.5 Å². The van der Waals surface area contributed by atoms with Gasteiger partial charge in [-0.05, 0) is 36.1 Å². The second kappa shape index (κ2) is 12.9. The van der Waals surface area contributed by atoms with Crippen LogP contribution >= 0.6 is 0 Å². The number of amides is 1. The highest BCUT2D eigenvalue weighted by Crippen LogP contribution is 2.40. The van der Waals surface area contributed by atoms with Crippen molar-refractivity contribution in [2.45, 2.75) is 19.3 Å². The molecule has 0 saturated carbocycles. The topological polar surface area (TPSA) is 112 Å². The van der Waals surface area contributed by atoms with Crippen molar-refractivity contribution >= 4 is 5.91 Å². The fourth-order valence-corrected chi connectivity index (χ4v) is 6.36. The van der Waals surface area contributed by atoms with Gasteiger partial charge in [-0.3, -0.25) is 19.1 Å². The molecule has 1 aliphatic heterocycles. The van der Waals surface area contributed by atoms with Gasteiger partial charge in [-0.1, -0.05) is 30.3 Å². The fraction of sp³-hybridized carbons (Fsp3) is 0.343. The van der Waals surface area contributed by atoms with E-state index in [0.29, 0.717) is 30.1 Å². The Morgan fingerprint density at radius 3 is 2.57 bits per heavy atom. The van der Waals surface area contributed by atoms with Crippen molar-refractivity contribution in [3.05, 3.63) is 89.3 Å². The minimum absolute atomic E-state index is 0.117. The Balaban J connectivity index is 1.11. The molecule has 1 amide bonds. The first-order valence-corrected chi connectivity index (χ1v) is 15.7. The predicted molar refractivity (Wildman–Crippen MR) is 175 cm³/mol. The highest BCUT2D eigenvalue weighted by molar-refractivity contribution is 5.94. The van der Waals surface area contributed by atoms with Crippen LogP contribution in [0.3, 0.4) is 0 Å². The SMILES string of the molecule is COc1cc(C(=O)NCCN2CCOCC2)ccc1Cc1ncc2c(n1)-c1c(nn(C)c1-c1ccc(-c3cnn(C)c3)cc1)CC2. The van der Waals surface area contributed by atoms with Gasteiger partial charge < -0.3 is 14.8 Å². The lowest BCUT2D eigenvalue weighted by atomic mass is 9.91. The van der Waals surface area contributed by atoms with E-state index in [0.717, 1.165) is 96.2 Å². The molecule has 0 bridgehead atoms. The zero-order valence-corrected chi connectivity index (χ0v) is 26.5. The van der Waals surface area contributed by atoms with E-state index in [4.69, 9.17) is 24.5 Å². The number of ether oxygens (including phenoxy) is 2. The summed E-state index contributed by atoms with van der Waals surface area (Å²) >= 11 is 0. The highest BCUT2D eigenvalue weighted by Gasteiger charge is 2.27. The summed E-state index contributed by atoms with van der Waals surface area (Å²) in [5.41, 5.74) is 9.96. The van der Waals surface area contributed by atoms with Crippen LogP contribution in [0.4, 0.5) is 0 Å². The van der Waals surface area contributed by atoms with Gasteiger partial charge in [0.05, 0.1) is 43.6 Å². The zero-order chi connectivity index (χ0) is 31.6. The molecular formula is C35H38N8O3. The number of fused-ring (bicyclic) bond motifs is 3. The van der Waals surface area contributed by atoms with Crippen LogP contribution in [0, 0.1) is 0 Å². The number of aromatic nitrogens is 6. The normalized spacial score (nSPS) is 14.5. The Kier molecular flexibility index (Phi) is 8.33. The summed E-state index contributed by atoms with van der Waals surface area (Å²) in [5, 5.41) is 12.2. The summed E-state index contributed by atoms with van der Waals surface area (Å²) in [7, 11) is 5.54. The summed E-state index contributed by atoms with van der Waals surface area (Å²) in [4.78, 5) is 25.0. The molecule has 1 N–H and O–H groups in total. The van der Waals surface area contributed by atoms with E-state index < -0.39 is 0 Å². The van der Waals surface area contributed by atoms with Crippen LogP contribution in [0.25, 0.3) is 33.6 Å². The van der Waals surface area contributed by atoms with E-state index in [1.165, 1.54) is 0 Å². The standard InChI is InChI=1S/C35H38N8O3/c1-41-22-28(21-38-41)23-4-6-24(7-5-23)34-32-29(40-42(34)2)11-10-27-20-37-31(39-33(27)32)19-25-8-9-26(18-30(25)45-3)35(44)36-12-13-43-14-16-46-17-15-43/h4-9,18,20-22H,10-17,19H2,1-3H3,(H,36,44). The van der Waals surface area contributed by atoms with Gasteiger partial charge in [-0.2, -0.15) is 10.2 Å². The minimum atomic E-state index is -0.117. The van der Waals surface area contributed by atoms with E-state index in [9.17, 15) is 4.79 Å². The lowest BCUT2D eigenvalue weighted by Gasteiger charge is -2.26. The van der Waals surface area contributed by atoms with Gasteiger partial charge in [-0.15, -0.1) is 0 Å². The van der Waals surface area contributed by atoms with Gasteiger partial charge in [0.25, 0.3) is 5.91 Å². The maximum absolute atomic E-state index is 12.9. The summed E-state index contributed by atoms with van der Waals surface area (Å²) in [6.45, 7) is 4.66. The number of carbonyl (C=O) groups is 1. The molecule has 0 radical (unpaired) electrons. The average Bonchev–Trinajstić information content (AvgIpc) is 3.67. The van der Waals surface area contributed by atoms with Crippen LogP contribution in [-0.4, -0.2) is 86.8 Å². The predicted octanol–water partition coefficient (Wildman–Crippen LogP) is 3.70. The van der Waals surface area contributed by atoms with Crippen LogP contribution in [0.15, 0.2) is 61.1 Å². The Morgan fingerprint density at radius 2 is 1.80 bits per heavy atom. The molecule has 5 aromatic rings. The number of carbonyl (C=O) groups excluding carboxylic acids is 1. The van der Waals surface area contributed by atoms with E-state index in [-0.39, 0.29) is 5.91 Å². The lowest BCUT2D eigenvalue weighted by molar-refractivity contribution is 0.0383. The molecule has 7 rings (SSSR count). The zero-order valence-electron chi connectivity index (χ0n) is 26.5. The fourth-order valence-electron chi connectivity index (χ4n) is 6.36. The Morgan fingerprint density at radius 1 is 1.00 bits per heavy atom. The van der Waals surface area contributed by atoms with Crippen molar-refractivity contribution in [2.24, 2.45) is 14.1 Å². The summed E-state index contributed by atoms with van der Waals surface area (Å²) < 4.78 is 14.9. The maximum atomic E-state index is 12.9. The van der Waals surface area contributed by atoms with Crippen LogP contribution in [0.1, 0.15) is 33.0 Å². The van der Waals surface area contributed by atoms with Crippen LogP contribution in [0.2, 0.25) is 0 Å². The second-order valence-corrected chi connectivity index (χ2v) is 11.8. The first kappa shape index (κ1) is 29.8. The van der Waals surface area contributed by atoms with Crippen LogP contribution in [0.5, 0.6) is 5.75 Å². The van der Waals surface area contributed by atoms with Gasteiger partial charge in [0.15, 0.2) is 0 Å². The van der Waals surface area contributed by atoms with Crippen molar-refractivity contribution in [3.8, 4) is 39.4 Å². The van der Waals surface area contributed by atoms with Crippen LogP contribution in [-0.2, 0) is 38.1 Å². The van der Waals surface area contributed by atoms with Crippen molar-refractivity contribution < 1.29 is 14.3 Å². The first-order valence-electron chi connectivity index (χ1n) is 15.7. The molecule has 0 unspecified atom stereocenters. The molecule has 1 saturated heterocycles. The highest BCUT2D eigenvalue weighted by atomic mass is 16.5. The molecule has 11 nitrogen and oxygen atoms in total. The quantitative estimate of drug-likeness (QED) is 0.266. The number of aryl methyl sites for hydroxylation is 4. The molecule has 2 aliphatic rings. The van der Waals surface area contributed by atoms with Gasteiger partial charge >= 0.3 is 0 Å². The number of rotatable bonds is 9. The summed E-state index contributed by atoms with van der Waals surface area (Å²) in [6, 6.07) is 14.1. The summed E-state index contributed by atoms with van der Waals surface area (Å²) in [5.74, 6) is 1.21. The maximum Gasteiger partial charge on any atom is 0.251 e. The number of nitrogens with zero attached hydrogens (tertiary/aromatic N) is 7. The molecule has 1 fully saturated rings. The Labute approximate surface area is 268 Å². The van der Waals surface area contributed by atoms with Gasteiger partial charge in [0.1, 0.15) is 11.6 Å². The second-order valence-electron chi connectivity index (χ2n) is 11.8. The number of hydrogen-bond acceptors (Lipinski definition) is 8. The van der Waals surface area contributed by atoms with Crippen molar-refractivity contribution in [1.82, 2.24) is 39.7 Å². The molecule has 11 heteroatoms. The number of methoxy groups -OCH3 is 1. The largest absolute Gasteiger partial charge is 0.496 e. The van der Waals surface area contributed by atoms with E-state index in [2.05, 4.69) is 39.6 Å². The third-order valence-electron chi connectivity index (χ3n) is 8.81. The average molecular weight is 619 g/mol.